The highest BCUT2D eigenvalue weighted by Gasteiger charge is 2.30. The third kappa shape index (κ3) is 4.06. The van der Waals surface area contributed by atoms with Crippen LogP contribution in [0.25, 0.3) is 0 Å². The topological polar surface area (TPSA) is 40.0 Å². The van der Waals surface area contributed by atoms with E-state index >= 15 is 0 Å². The molecule has 0 radical (unpaired) electrons. The van der Waals surface area contributed by atoms with Gasteiger partial charge in [-0.15, -0.1) is 0 Å². The number of hydrogen-bond donors (Lipinski definition) is 1. The minimum atomic E-state index is 0.735. The fourth-order valence-corrected chi connectivity index (χ4v) is 2.86. The lowest BCUT2D eigenvalue weighted by molar-refractivity contribution is 0.339. The average molecular weight is 354 g/mol. The van der Waals surface area contributed by atoms with Crippen LogP contribution in [0.1, 0.15) is 16.7 Å². The SMILES string of the molecule is Cc1ccc(N=C2NN(Cc3ccccc3)C2=Nc2ccc(C)cc2)cc1. The van der Waals surface area contributed by atoms with Crippen molar-refractivity contribution in [1.82, 2.24) is 10.4 Å². The fraction of sp³-hybridized carbons (Fsp3) is 0.130. The Balaban J connectivity index is 1.63. The molecule has 3 aromatic carbocycles. The zero-order valence-electron chi connectivity index (χ0n) is 15.6. The number of nitrogens with one attached hydrogen (secondary N) is 1. The van der Waals surface area contributed by atoms with E-state index in [9.17, 15) is 0 Å². The van der Waals surface area contributed by atoms with Gasteiger partial charge in [-0.3, -0.25) is 10.4 Å². The van der Waals surface area contributed by atoms with E-state index in [1.54, 1.807) is 0 Å². The summed E-state index contributed by atoms with van der Waals surface area (Å²) < 4.78 is 0. The molecular formula is C23H22N4. The summed E-state index contributed by atoms with van der Waals surface area (Å²) in [4.78, 5) is 9.55. The fourth-order valence-electron chi connectivity index (χ4n) is 2.86. The van der Waals surface area contributed by atoms with Gasteiger partial charge in [-0.05, 0) is 43.7 Å². The number of hydrazine groups is 1. The van der Waals surface area contributed by atoms with E-state index in [-0.39, 0.29) is 0 Å². The predicted molar refractivity (Wildman–Crippen MR) is 112 cm³/mol. The Kier molecular flexibility index (Phi) is 4.71. The van der Waals surface area contributed by atoms with Crippen LogP contribution in [0.5, 0.6) is 0 Å². The molecule has 0 bridgehead atoms. The molecule has 1 N–H and O–H groups in total. The molecule has 4 nitrogen and oxygen atoms in total. The molecule has 27 heavy (non-hydrogen) atoms. The molecule has 1 aliphatic rings. The van der Waals surface area contributed by atoms with Crippen LogP contribution in [0.4, 0.5) is 11.4 Å². The van der Waals surface area contributed by atoms with Crippen LogP contribution in [0.15, 0.2) is 88.8 Å². The van der Waals surface area contributed by atoms with E-state index in [2.05, 4.69) is 55.7 Å². The highest BCUT2D eigenvalue weighted by atomic mass is 15.6. The van der Waals surface area contributed by atoms with Crippen LogP contribution in [-0.2, 0) is 6.54 Å². The second kappa shape index (κ2) is 7.46. The lowest BCUT2D eigenvalue weighted by Crippen LogP contribution is -2.62. The Morgan fingerprint density at radius 2 is 1.26 bits per heavy atom. The lowest BCUT2D eigenvalue weighted by Gasteiger charge is -2.37. The van der Waals surface area contributed by atoms with Gasteiger partial charge in [0, 0.05) is 0 Å². The van der Waals surface area contributed by atoms with Gasteiger partial charge in [-0.2, -0.15) is 0 Å². The van der Waals surface area contributed by atoms with Crippen molar-refractivity contribution < 1.29 is 0 Å². The summed E-state index contributed by atoms with van der Waals surface area (Å²) in [6.45, 7) is 4.89. The Morgan fingerprint density at radius 3 is 1.85 bits per heavy atom. The number of amidine groups is 2. The van der Waals surface area contributed by atoms with E-state index in [4.69, 9.17) is 9.98 Å². The second-order valence-corrected chi connectivity index (χ2v) is 6.75. The molecule has 4 rings (SSSR count). The van der Waals surface area contributed by atoms with Gasteiger partial charge >= 0.3 is 0 Å². The molecule has 0 saturated carbocycles. The average Bonchev–Trinajstić information content (AvgIpc) is 2.69. The Morgan fingerprint density at radius 1 is 0.704 bits per heavy atom. The molecule has 4 heteroatoms. The monoisotopic (exact) mass is 354 g/mol. The molecule has 0 aromatic heterocycles. The summed E-state index contributed by atoms with van der Waals surface area (Å²) in [5, 5.41) is 2.03. The van der Waals surface area contributed by atoms with Crippen molar-refractivity contribution in [2.45, 2.75) is 20.4 Å². The van der Waals surface area contributed by atoms with Gasteiger partial charge in [0.15, 0.2) is 11.7 Å². The molecule has 0 unspecified atom stereocenters. The van der Waals surface area contributed by atoms with Crippen LogP contribution in [-0.4, -0.2) is 16.7 Å². The molecular weight excluding hydrogens is 332 g/mol. The zero-order valence-corrected chi connectivity index (χ0v) is 15.6. The first-order valence-electron chi connectivity index (χ1n) is 9.06. The smallest absolute Gasteiger partial charge is 0.193 e. The molecule has 0 spiro atoms. The highest BCUT2D eigenvalue weighted by molar-refractivity contribution is 6.45. The van der Waals surface area contributed by atoms with E-state index in [0.717, 1.165) is 29.6 Å². The maximum absolute atomic E-state index is 4.83. The summed E-state index contributed by atoms with van der Waals surface area (Å²) in [6, 6.07) is 26.7. The van der Waals surface area contributed by atoms with Crippen LogP contribution in [0, 0.1) is 13.8 Å². The van der Waals surface area contributed by atoms with Crippen molar-refractivity contribution in [2.75, 3.05) is 0 Å². The predicted octanol–water partition coefficient (Wildman–Crippen LogP) is 5.08. The Labute approximate surface area is 159 Å². The van der Waals surface area contributed by atoms with Gasteiger partial charge in [0.05, 0.1) is 17.9 Å². The van der Waals surface area contributed by atoms with Crippen LogP contribution in [0.2, 0.25) is 0 Å². The number of hydrogen-bond acceptors (Lipinski definition) is 2. The van der Waals surface area contributed by atoms with Gasteiger partial charge < -0.3 is 0 Å². The molecule has 0 amide bonds. The number of aliphatic imine (C=N–C) groups is 2. The van der Waals surface area contributed by atoms with Crippen molar-refractivity contribution in [3.05, 3.63) is 95.6 Å². The van der Waals surface area contributed by atoms with E-state index in [1.807, 2.05) is 47.5 Å². The first kappa shape index (κ1) is 17.0. The highest BCUT2D eigenvalue weighted by Crippen LogP contribution is 2.20. The lowest BCUT2D eigenvalue weighted by atomic mass is 10.2. The standard InChI is InChI=1S/C23H22N4/c1-17-8-12-20(13-9-17)24-22-23(25-21-14-10-18(2)11-15-21)27(26-22)16-19-6-4-3-5-7-19/h3-15H,16H2,1-2H3,(H,24,26). The van der Waals surface area contributed by atoms with Crippen molar-refractivity contribution >= 4 is 23.0 Å². The van der Waals surface area contributed by atoms with Crippen molar-refractivity contribution in [2.24, 2.45) is 9.98 Å². The van der Waals surface area contributed by atoms with Crippen molar-refractivity contribution in [1.29, 1.82) is 0 Å². The van der Waals surface area contributed by atoms with Gasteiger partial charge in [-0.25, -0.2) is 9.98 Å². The quantitative estimate of drug-likeness (QED) is 0.709. The van der Waals surface area contributed by atoms with Gasteiger partial charge in [0.1, 0.15) is 0 Å². The number of nitrogens with zero attached hydrogens (tertiary/aromatic N) is 3. The Hall–Kier alpha value is -3.40. The maximum atomic E-state index is 4.83. The van der Waals surface area contributed by atoms with Crippen molar-refractivity contribution in [3.8, 4) is 0 Å². The van der Waals surface area contributed by atoms with Gasteiger partial charge in [0.25, 0.3) is 0 Å². The number of aryl methyl sites for hydroxylation is 2. The normalized spacial score (nSPS) is 16.3. The molecule has 1 aliphatic heterocycles. The van der Waals surface area contributed by atoms with Gasteiger partial charge in [-0.1, -0.05) is 65.7 Å². The summed E-state index contributed by atoms with van der Waals surface area (Å²) in [6.07, 6.45) is 0. The first-order chi connectivity index (χ1) is 13.2. The number of benzene rings is 3. The van der Waals surface area contributed by atoms with Crippen molar-refractivity contribution in [3.63, 3.8) is 0 Å². The van der Waals surface area contributed by atoms with Crippen LogP contribution < -0.4 is 5.43 Å². The summed E-state index contributed by atoms with van der Waals surface area (Å²) in [5.74, 6) is 1.64. The van der Waals surface area contributed by atoms with E-state index < -0.39 is 0 Å². The minimum Gasteiger partial charge on any atom is -0.277 e. The van der Waals surface area contributed by atoms with Crippen LogP contribution >= 0.6 is 0 Å². The van der Waals surface area contributed by atoms with Crippen LogP contribution in [0.3, 0.4) is 0 Å². The molecule has 1 heterocycles. The molecule has 1 fully saturated rings. The molecule has 0 aliphatic carbocycles. The van der Waals surface area contributed by atoms with E-state index in [0.29, 0.717) is 0 Å². The summed E-state index contributed by atoms with van der Waals surface area (Å²) in [7, 11) is 0. The Bertz CT molecular complexity index is 971. The molecule has 1 saturated heterocycles. The third-order valence-electron chi connectivity index (χ3n) is 4.44. The summed E-state index contributed by atoms with van der Waals surface area (Å²) in [5.41, 5.74) is 8.83. The van der Waals surface area contributed by atoms with E-state index in [1.165, 1.54) is 16.7 Å². The minimum absolute atomic E-state index is 0.735. The third-order valence-corrected chi connectivity index (χ3v) is 4.44. The maximum Gasteiger partial charge on any atom is 0.193 e. The molecule has 0 atom stereocenters. The molecule has 134 valence electrons. The number of rotatable bonds is 4. The van der Waals surface area contributed by atoms with Gasteiger partial charge in [0.2, 0.25) is 0 Å². The summed E-state index contributed by atoms with van der Waals surface area (Å²) >= 11 is 0. The zero-order chi connectivity index (χ0) is 18.6. The largest absolute Gasteiger partial charge is 0.277 e. The first-order valence-corrected chi connectivity index (χ1v) is 9.06. The molecule has 3 aromatic rings. The second-order valence-electron chi connectivity index (χ2n) is 6.75.